The molecule has 1 heterocycles. The Kier molecular flexibility index (Phi) is 2.49. The van der Waals surface area contributed by atoms with Crippen LogP contribution < -0.4 is 5.32 Å². The molecule has 2 fully saturated rings. The Hall–Kier alpha value is -0.610. The summed E-state index contributed by atoms with van der Waals surface area (Å²) in [4.78, 5) is 13.6. The highest BCUT2D eigenvalue weighted by Crippen LogP contribution is 2.50. The van der Waals surface area contributed by atoms with Gasteiger partial charge in [0.2, 0.25) is 5.91 Å². The van der Waals surface area contributed by atoms with Gasteiger partial charge < -0.3 is 10.4 Å². The van der Waals surface area contributed by atoms with Crippen LogP contribution in [0.25, 0.3) is 0 Å². The molecule has 0 aromatic carbocycles. The topological polar surface area (TPSA) is 52.6 Å². The molecule has 0 unspecified atom stereocenters. The second-order valence-electron chi connectivity index (χ2n) is 4.40. The van der Waals surface area contributed by atoms with E-state index in [-0.39, 0.29) is 24.0 Å². The number of carbonyl (C=O) groups is 1. The Bertz CT molecular complexity index is 236. The van der Waals surface area contributed by atoms with Gasteiger partial charge in [-0.25, -0.2) is 0 Å². The lowest BCUT2D eigenvalue weighted by molar-refractivity contribution is -0.146. The van der Waals surface area contributed by atoms with E-state index in [1.54, 1.807) is 7.05 Å². The number of rotatable bonds is 3. The van der Waals surface area contributed by atoms with Crippen molar-refractivity contribution in [2.24, 2.45) is 5.92 Å². The van der Waals surface area contributed by atoms with Crippen LogP contribution in [-0.2, 0) is 4.79 Å². The summed E-state index contributed by atoms with van der Waals surface area (Å²) in [5.74, 6) is 0.382. The zero-order valence-corrected chi connectivity index (χ0v) is 8.62. The minimum Gasteiger partial charge on any atom is -0.395 e. The van der Waals surface area contributed by atoms with Crippen molar-refractivity contribution < 1.29 is 9.90 Å². The summed E-state index contributed by atoms with van der Waals surface area (Å²) in [6, 6.07) is 0. The highest BCUT2D eigenvalue weighted by atomic mass is 16.3. The highest BCUT2D eigenvalue weighted by Gasteiger charge is 2.55. The van der Waals surface area contributed by atoms with Gasteiger partial charge in [-0.2, -0.15) is 0 Å². The first-order valence-corrected chi connectivity index (χ1v) is 5.29. The smallest absolute Gasteiger partial charge is 0.222 e. The van der Waals surface area contributed by atoms with Crippen molar-refractivity contribution in [1.29, 1.82) is 0 Å². The molecule has 0 atom stereocenters. The molecular formula is C10H18N2O2. The molecular weight excluding hydrogens is 180 g/mol. The van der Waals surface area contributed by atoms with E-state index in [0.29, 0.717) is 0 Å². The van der Waals surface area contributed by atoms with E-state index in [1.165, 1.54) is 6.42 Å². The lowest BCUT2D eigenvalue weighted by atomic mass is 9.61. The molecule has 0 bridgehead atoms. The van der Waals surface area contributed by atoms with Gasteiger partial charge in [0, 0.05) is 31.6 Å². The fourth-order valence-electron chi connectivity index (χ4n) is 2.77. The van der Waals surface area contributed by atoms with Gasteiger partial charge in [-0.05, 0) is 19.3 Å². The maximum atomic E-state index is 11.3. The normalized spacial score (nSPS) is 36.3. The molecule has 4 nitrogen and oxygen atoms in total. The molecule has 1 amide bonds. The molecule has 1 saturated heterocycles. The van der Waals surface area contributed by atoms with Crippen LogP contribution >= 0.6 is 0 Å². The fraction of sp³-hybridized carbons (Fsp3) is 0.900. The van der Waals surface area contributed by atoms with Crippen molar-refractivity contribution in [2.75, 3.05) is 26.7 Å². The second kappa shape index (κ2) is 3.51. The number of carbonyl (C=O) groups excluding carboxylic acids is 1. The van der Waals surface area contributed by atoms with E-state index in [1.807, 2.05) is 0 Å². The first kappa shape index (κ1) is 9.93. The van der Waals surface area contributed by atoms with Gasteiger partial charge in [-0.3, -0.25) is 9.69 Å². The van der Waals surface area contributed by atoms with Crippen molar-refractivity contribution in [3.05, 3.63) is 0 Å². The number of hydrogen-bond acceptors (Lipinski definition) is 3. The van der Waals surface area contributed by atoms with Crippen molar-refractivity contribution in [2.45, 2.75) is 24.8 Å². The van der Waals surface area contributed by atoms with Crippen molar-refractivity contribution in [3.8, 4) is 0 Å². The summed E-state index contributed by atoms with van der Waals surface area (Å²) >= 11 is 0. The molecule has 4 heteroatoms. The predicted molar refractivity (Wildman–Crippen MR) is 52.8 cm³/mol. The standard InChI is InChI=1S/C10H18N2O2/c1-11-9(14)8-6-10(7-8)2-3-12(10)4-5-13/h8,13H,2-7H2,1H3,(H,11,14). The maximum Gasteiger partial charge on any atom is 0.222 e. The predicted octanol–water partition coefficient (Wildman–Crippen LogP) is -0.421. The number of hydrogen-bond donors (Lipinski definition) is 2. The Balaban J connectivity index is 1.83. The summed E-state index contributed by atoms with van der Waals surface area (Å²) in [7, 11) is 1.69. The van der Waals surface area contributed by atoms with Gasteiger partial charge in [0.05, 0.1) is 6.61 Å². The number of β-amino-alcohol motifs (C(OH)–C–C–N with tert-alkyl or cyclic N) is 1. The molecule has 80 valence electrons. The fourth-order valence-corrected chi connectivity index (χ4v) is 2.77. The number of nitrogens with one attached hydrogen (secondary N) is 1. The molecule has 0 radical (unpaired) electrons. The third-order valence-electron chi connectivity index (χ3n) is 3.76. The summed E-state index contributed by atoms with van der Waals surface area (Å²) in [6.07, 6.45) is 3.15. The number of likely N-dealkylation sites (tertiary alicyclic amines) is 1. The Morgan fingerprint density at radius 3 is 2.79 bits per heavy atom. The molecule has 14 heavy (non-hydrogen) atoms. The number of aliphatic hydroxyl groups is 1. The average Bonchev–Trinajstić information content (AvgIpc) is 2.10. The lowest BCUT2D eigenvalue weighted by Gasteiger charge is -2.61. The lowest BCUT2D eigenvalue weighted by Crippen LogP contribution is -2.68. The van der Waals surface area contributed by atoms with Crippen molar-refractivity contribution in [3.63, 3.8) is 0 Å². The summed E-state index contributed by atoms with van der Waals surface area (Å²) in [5, 5.41) is 11.5. The molecule has 0 aromatic rings. The van der Waals surface area contributed by atoms with E-state index >= 15 is 0 Å². The van der Waals surface area contributed by atoms with Gasteiger partial charge in [0.25, 0.3) is 0 Å². The average molecular weight is 198 g/mol. The minimum atomic E-state index is 0.173. The van der Waals surface area contributed by atoms with E-state index < -0.39 is 0 Å². The van der Waals surface area contributed by atoms with Crippen LogP contribution in [-0.4, -0.2) is 48.2 Å². The molecule has 0 aromatic heterocycles. The van der Waals surface area contributed by atoms with Gasteiger partial charge in [0.15, 0.2) is 0 Å². The molecule has 1 aliphatic heterocycles. The van der Waals surface area contributed by atoms with E-state index in [9.17, 15) is 4.79 Å². The molecule has 2 aliphatic rings. The van der Waals surface area contributed by atoms with Crippen LogP contribution in [0.15, 0.2) is 0 Å². The zero-order chi connectivity index (χ0) is 10.2. The largest absolute Gasteiger partial charge is 0.395 e. The van der Waals surface area contributed by atoms with Gasteiger partial charge in [0.1, 0.15) is 0 Å². The molecule has 1 aliphatic carbocycles. The summed E-state index contributed by atoms with van der Waals surface area (Å²) < 4.78 is 0. The van der Waals surface area contributed by atoms with Crippen LogP contribution in [0.3, 0.4) is 0 Å². The molecule has 2 N–H and O–H groups in total. The molecule has 2 rings (SSSR count). The van der Waals surface area contributed by atoms with Crippen LogP contribution in [0.4, 0.5) is 0 Å². The maximum absolute atomic E-state index is 11.3. The third-order valence-corrected chi connectivity index (χ3v) is 3.76. The van der Waals surface area contributed by atoms with Crippen LogP contribution in [0, 0.1) is 5.92 Å². The first-order chi connectivity index (χ1) is 6.72. The highest BCUT2D eigenvalue weighted by molar-refractivity contribution is 5.79. The minimum absolute atomic E-state index is 0.173. The monoisotopic (exact) mass is 198 g/mol. The van der Waals surface area contributed by atoms with Gasteiger partial charge in [-0.1, -0.05) is 0 Å². The Labute approximate surface area is 84.3 Å². The SMILES string of the molecule is CNC(=O)C1CC2(CCN2CCO)C1. The summed E-state index contributed by atoms with van der Waals surface area (Å²) in [6.45, 7) is 2.08. The number of nitrogens with zero attached hydrogens (tertiary/aromatic N) is 1. The molecule has 1 spiro atoms. The molecule has 1 saturated carbocycles. The number of amides is 1. The first-order valence-electron chi connectivity index (χ1n) is 5.29. The van der Waals surface area contributed by atoms with Crippen LogP contribution in [0.5, 0.6) is 0 Å². The van der Waals surface area contributed by atoms with Crippen LogP contribution in [0.1, 0.15) is 19.3 Å². The second-order valence-corrected chi connectivity index (χ2v) is 4.40. The third kappa shape index (κ3) is 1.33. The van der Waals surface area contributed by atoms with E-state index in [0.717, 1.165) is 25.9 Å². The summed E-state index contributed by atoms with van der Waals surface area (Å²) in [5.41, 5.74) is 0.278. The number of aliphatic hydroxyl groups excluding tert-OH is 1. The van der Waals surface area contributed by atoms with Crippen LogP contribution in [0.2, 0.25) is 0 Å². The van der Waals surface area contributed by atoms with Gasteiger partial charge in [-0.15, -0.1) is 0 Å². The Morgan fingerprint density at radius 2 is 2.36 bits per heavy atom. The van der Waals surface area contributed by atoms with Crippen molar-refractivity contribution in [1.82, 2.24) is 10.2 Å². The van der Waals surface area contributed by atoms with E-state index in [2.05, 4.69) is 10.2 Å². The van der Waals surface area contributed by atoms with Gasteiger partial charge >= 0.3 is 0 Å². The Morgan fingerprint density at radius 1 is 1.64 bits per heavy atom. The van der Waals surface area contributed by atoms with E-state index in [4.69, 9.17) is 5.11 Å². The van der Waals surface area contributed by atoms with Crippen molar-refractivity contribution >= 4 is 5.91 Å². The zero-order valence-electron chi connectivity index (χ0n) is 8.62. The quantitative estimate of drug-likeness (QED) is 0.647.